The van der Waals surface area contributed by atoms with E-state index in [0.717, 1.165) is 11.2 Å². The zero-order valence-corrected chi connectivity index (χ0v) is 10.2. The predicted molar refractivity (Wildman–Crippen MR) is 70.6 cm³/mol. The average molecular weight is 260 g/mol. The van der Waals surface area contributed by atoms with Gasteiger partial charge in [-0.3, -0.25) is 4.98 Å². The largest absolute Gasteiger partial charge is 0.423 e. The van der Waals surface area contributed by atoms with Gasteiger partial charge in [-0.15, -0.1) is 0 Å². The number of aromatic nitrogens is 2. The van der Waals surface area contributed by atoms with Gasteiger partial charge in [-0.05, 0) is 24.3 Å². The topological polar surface area (TPSA) is 51.0 Å². The lowest BCUT2D eigenvalue weighted by Crippen LogP contribution is -2.00. The number of hydrogen-bond acceptors (Lipinski definition) is 4. The van der Waals surface area contributed by atoms with Gasteiger partial charge in [-0.25, -0.2) is 0 Å². The molecule has 0 fully saturated rings. The third-order valence-electron chi connectivity index (χ3n) is 2.50. The summed E-state index contributed by atoms with van der Waals surface area (Å²) in [7, 11) is 0. The highest BCUT2D eigenvalue weighted by molar-refractivity contribution is 6.31. The highest BCUT2D eigenvalue weighted by atomic mass is 35.5. The van der Waals surface area contributed by atoms with Crippen LogP contribution >= 0.6 is 11.6 Å². The molecule has 3 aromatic rings. The first kappa shape index (κ1) is 11.0. The Kier molecular flexibility index (Phi) is 2.86. The average Bonchev–Trinajstić information content (AvgIpc) is 2.79. The van der Waals surface area contributed by atoms with Crippen molar-refractivity contribution in [3.05, 3.63) is 53.3 Å². The quantitative estimate of drug-likeness (QED) is 0.782. The van der Waals surface area contributed by atoms with Crippen LogP contribution in [0.25, 0.3) is 11.1 Å². The van der Waals surface area contributed by atoms with Gasteiger partial charge in [0.25, 0.3) is 6.01 Å². The first-order valence-corrected chi connectivity index (χ1v) is 5.89. The number of anilines is 1. The molecule has 0 aliphatic heterocycles. The third kappa shape index (κ3) is 2.28. The van der Waals surface area contributed by atoms with Gasteiger partial charge in [-0.1, -0.05) is 17.7 Å². The number of halogens is 1. The second-order valence-corrected chi connectivity index (χ2v) is 4.24. The fourth-order valence-corrected chi connectivity index (χ4v) is 1.81. The zero-order chi connectivity index (χ0) is 12.4. The molecule has 0 spiro atoms. The van der Waals surface area contributed by atoms with Crippen molar-refractivity contribution in [3.8, 4) is 0 Å². The Bertz CT molecular complexity index is 666. The second-order valence-electron chi connectivity index (χ2n) is 3.81. The molecule has 1 N–H and O–H groups in total. The summed E-state index contributed by atoms with van der Waals surface area (Å²) in [5.74, 6) is 0. The summed E-state index contributed by atoms with van der Waals surface area (Å²) in [5, 5.41) is 3.72. The number of benzene rings is 1. The lowest BCUT2D eigenvalue weighted by atomic mass is 10.3. The van der Waals surface area contributed by atoms with Gasteiger partial charge in [-0.2, -0.15) is 4.98 Å². The van der Waals surface area contributed by atoms with E-state index in [2.05, 4.69) is 15.3 Å². The molecular formula is C13H10ClN3O. The van der Waals surface area contributed by atoms with E-state index >= 15 is 0 Å². The highest BCUT2D eigenvalue weighted by Crippen LogP contribution is 2.22. The molecule has 0 aliphatic carbocycles. The molecule has 2 heterocycles. The van der Waals surface area contributed by atoms with Crippen LogP contribution in [0.5, 0.6) is 0 Å². The number of nitrogens with one attached hydrogen (secondary N) is 1. The third-order valence-corrected chi connectivity index (χ3v) is 2.73. The molecule has 2 aromatic heterocycles. The van der Waals surface area contributed by atoms with Crippen LogP contribution in [0.3, 0.4) is 0 Å². The molecule has 0 saturated heterocycles. The summed E-state index contributed by atoms with van der Waals surface area (Å²) < 4.78 is 5.54. The van der Waals surface area contributed by atoms with Gasteiger partial charge in [0.1, 0.15) is 5.52 Å². The van der Waals surface area contributed by atoms with E-state index in [0.29, 0.717) is 23.2 Å². The molecule has 0 aliphatic rings. The van der Waals surface area contributed by atoms with Gasteiger partial charge >= 0.3 is 0 Å². The summed E-state index contributed by atoms with van der Waals surface area (Å²) in [6.07, 6.45) is 1.75. The van der Waals surface area contributed by atoms with Crippen molar-refractivity contribution in [2.24, 2.45) is 0 Å². The summed E-state index contributed by atoms with van der Waals surface area (Å²) in [5.41, 5.74) is 2.38. The number of oxazole rings is 1. The predicted octanol–water partition coefficient (Wildman–Crippen LogP) is 3.49. The van der Waals surface area contributed by atoms with E-state index in [1.165, 1.54) is 0 Å². The Hall–Kier alpha value is -2.07. The van der Waals surface area contributed by atoms with Crippen molar-refractivity contribution >= 4 is 28.7 Å². The van der Waals surface area contributed by atoms with E-state index in [1.807, 2.05) is 24.3 Å². The fourth-order valence-electron chi connectivity index (χ4n) is 1.64. The maximum absolute atomic E-state index is 5.88. The van der Waals surface area contributed by atoms with Gasteiger partial charge in [0.2, 0.25) is 0 Å². The van der Waals surface area contributed by atoms with E-state index < -0.39 is 0 Å². The van der Waals surface area contributed by atoms with Crippen LogP contribution in [-0.4, -0.2) is 9.97 Å². The van der Waals surface area contributed by atoms with Crippen molar-refractivity contribution in [1.29, 1.82) is 0 Å². The number of nitrogens with zero attached hydrogens (tertiary/aromatic N) is 2. The molecule has 90 valence electrons. The summed E-state index contributed by atoms with van der Waals surface area (Å²) in [6.45, 7) is 0.571. The van der Waals surface area contributed by atoms with E-state index in [9.17, 15) is 0 Å². The monoisotopic (exact) mass is 259 g/mol. The molecule has 0 saturated carbocycles. The van der Waals surface area contributed by atoms with Crippen LogP contribution in [0, 0.1) is 0 Å². The van der Waals surface area contributed by atoms with Crippen LogP contribution in [-0.2, 0) is 6.54 Å². The normalized spacial score (nSPS) is 10.7. The van der Waals surface area contributed by atoms with Crippen LogP contribution in [0.4, 0.5) is 6.01 Å². The molecule has 0 amide bonds. The number of pyridine rings is 1. The number of rotatable bonds is 3. The minimum Gasteiger partial charge on any atom is -0.423 e. The van der Waals surface area contributed by atoms with Gasteiger partial charge in [0.15, 0.2) is 5.58 Å². The van der Waals surface area contributed by atoms with Crippen molar-refractivity contribution in [3.63, 3.8) is 0 Å². The van der Waals surface area contributed by atoms with Crippen molar-refractivity contribution in [2.45, 2.75) is 6.54 Å². The molecule has 1 aromatic carbocycles. The minimum atomic E-state index is 0.470. The lowest BCUT2D eigenvalue weighted by Gasteiger charge is -1.99. The summed E-state index contributed by atoms with van der Waals surface area (Å²) >= 11 is 5.88. The maximum atomic E-state index is 5.88. The molecular weight excluding hydrogens is 250 g/mol. The molecule has 0 bridgehead atoms. The number of fused-ring (bicyclic) bond motifs is 1. The molecule has 4 nitrogen and oxygen atoms in total. The van der Waals surface area contributed by atoms with E-state index in [-0.39, 0.29) is 0 Å². The molecule has 5 heteroatoms. The second kappa shape index (κ2) is 4.66. The summed E-state index contributed by atoms with van der Waals surface area (Å²) in [6, 6.07) is 11.6. The maximum Gasteiger partial charge on any atom is 0.296 e. The molecule has 0 unspecified atom stereocenters. The smallest absolute Gasteiger partial charge is 0.296 e. The Morgan fingerprint density at radius 2 is 2.17 bits per heavy atom. The van der Waals surface area contributed by atoms with E-state index in [4.69, 9.17) is 16.0 Å². The van der Waals surface area contributed by atoms with Crippen molar-refractivity contribution in [1.82, 2.24) is 9.97 Å². The van der Waals surface area contributed by atoms with Crippen LogP contribution < -0.4 is 5.32 Å². The summed E-state index contributed by atoms with van der Waals surface area (Å²) in [4.78, 5) is 8.51. The van der Waals surface area contributed by atoms with Gasteiger partial charge in [0.05, 0.1) is 12.2 Å². The Balaban J connectivity index is 1.79. The van der Waals surface area contributed by atoms with Gasteiger partial charge in [0, 0.05) is 17.3 Å². The van der Waals surface area contributed by atoms with Crippen molar-refractivity contribution in [2.75, 3.05) is 5.32 Å². The molecule has 3 rings (SSSR count). The van der Waals surface area contributed by atoms with E-state index in [1.54, 1.807) is 18.3 Å². The molecule has 0 radical (unpaired) electrons. The Morgan fingerprint density at radius 3 is 3.00 bits per heavy atom. The Morgan fingerprint density at radius 1 is 1.22 bits per heavy atom. The molecule has 18 heavy (non-hydrogen) atoms. The number of hydrogen-bond donors (Lipinski definition) is 1. The zero-order valence-electron chi connectivity index (χ0n) is 9.43. The first-order valence-electron chi connectivity index (χ1n) is 5.51. The first-order chi connectivity index (χ1) is 8.81. The highest BCUT2D eigenvalue weighted by Gasteiger charge is 2.05. The standard InChI is InChI=1S/C13H10ClN3O/c14-9-4-5-11-12(7-9)18-13(17-11)16-8-10-3-1-2-6-15-10/h1-7H,8H2,(H,16,17). The van der Waals surface area contributed by atoms with Crippen LogP contribution in [0.2, 0.25) is 5.02 Å². The van der Waals surface area contributed by atoms with Crippen molar-refractivity contribution < 1.29 is 4.42 Å². The Labute approximate surface area is 109 Å². The van der Waals surface area contributed by atoms with Crippen LogP contribution in [0.15, 0.2) is 47.0 Å². The fraction of sp³-hybridized carbons (Fsp3) is 0.0769. The van der Waals surface area contributed by atoms with Crippen LogP contribution in [0.1, 0.15) is 5.69 Å². The minimum absolute atomic E-state index is 0.470. The SMILES string of the molecule is Clc1ccc2nc(NCc3ccccn3)oc2c1. The molecule has 0 atom stereocenters. The lowest BCUT2D eigenvalue weighted by molar-refractivity contribution is 0.614. The van der Waals surface area contributed by atoms with Gasteiger partial charge < -0.3 is 9.73 Å².